The van der Waals surface area contributed by atoms with Crippen molar-refractivity contribution in [1.82, 2.24) is 0 Å². The molecule has 0 aliphatic carbocycles. The summed E-state index contributed by atoms with van der Waals surface area (Å²) in [6, 6.07) is 6.71. The van der Waals surface area contributed by atoms with E-state index in [4.69, 9.17) is 0 Å². The summed E-state index contributed by atoms with van der Waals surface area (Å²) in [5.74, 6) is 1.96. The van der Waals surface area contributed by atoms with Crippen molar-refractivity contribution in [2.24, 2.45) is 0 Å². The van der Waals surface area contributed by atoms with Crippen molar-refractivity contribution < 1.29 is 0 Å². The predicted molar refractivity (Wildman–Crippen MR) is 55.0 cm³/mol. The van der Waals surface area contributed by atoms with Gasteiger partial charge in [-0.15, -0.1) is 11.8 Å². The van der Waals surface area contributed by atoms with Gasteiger partial charge in [0.25, 0.3) is 0 Å². The first-order valence-electron chi connectivity index (χ1n) is 4.53. The number of rotatable bonds is 1. The van der Waals surface area contributed by atoms with E-state index >= 15 is 0 Å². The molecule has 1 aliphatic heterocycles. The molecule has 64 valence electrons. The second-order valence-electron chi connectivity index (χ2n) is 3.58. The molecule has 0 saturated heterocycles. The smallest absolute Gasteiger partial charge is 0.0107 e. The van der Waals surface area contributed by atoms with Gasteiger partial charge in [-0.1, -0.05) is 26.0 Å². The van der Waals surface area contributed by atoms with Gasteiger partial charge in [-0.3, -0.25) is 0 Å². The van der Waals surface area contributed by atoms with Crippen LogP contribution in [-0.4, -0.2) is 5.75 Å². The number of benzene rings is 1. The molecule has 0 amide bonds. The van der Waals surface area contributed by atoms with E-state index in [1.165, 1.54) is 17.1 Å². The SMILES string of the molecule is CC(C)c1cccc2c1CCS2. The summed E-state index contributed by atoms with van der Waals surface area (Å²) in [6.45, 7) is 4.55. The van der Waals surface area contributed by atoms with Crippen LogP contribution in [0.4, 0.5) is 0 Å². The van der Waals surface area contributed by atoms with Crippen LogP contribution in [-0.2, 0) is 6.42 Å². The first-order chi connectivity index (χ1) is 5.79. The lowest BCUT2D eigenvalue weighted by Crippen LogP contribution is -1.94. The van der Waals surface area contributed by atoms with Gasteiger partial charge in [-0.05, 0) is 29.5 Å². The first kappa shape index (κ1) is 8.18. The molecule has 1 aromatic rings. The molecule has 0 aromatic heterocycles. The summed E-state index contributed by atoms with van der Waals surface area (Å²) < 4.78 is 0. The summed E-state index contributed by atoms with van der Waals surface area (Å²) >= 11 is 2.00. The van der Waals surface area contributed by atoms with Crippen LogP contribution >= 0.6 is 11.8 Å². The highest BCUT2D eigenvalue weighted by Gasteiger charge is 2.15. The fraction of sp³-hybridized carbons (Fsp3) is 0.455. The van der Waals surface area contributed by atoms with Crippen molar-refractivity contribution in [3.05, 3.63) is 29.3 Å². The Bertz CT molecular complexity index is 289. The molecule has 0 radical (unpaired) electrons. The van der Waals surface area contributed by atoms with Crippen molar-refractivity contribution in [3.63, 3.8) is 0 Å². The van der Waals surface area contributed by atoms with Crippen LogP contribution in [0.3, 0.4) is 0 Å². The van der Waals surface area contributed by atoms with E-state index in [1.807, 2.05) is 11.8 Å². The molecule has 1 aromatic carbocycles. The largest absolute Gasteiger partial charge is 0.126 e. The summed E-state index contributed by atoms with van der Waals surface area (Å²) in [4.78, 5) is 1.52. The highest BCUT2D eigenvalue weighted by Crippen LogP contribution is 2.35. The average Bonchev–Trinajstić information content (AvgIpc) is 2.49. The summed E-state index contributed by atoms with van der Waals surface area (Å²) in [7, 11) is 0. The van der Waals surface area contributed by atoms with Crippen LogP contribution in [0.25, 0.3) is 0 Å². The highest BCUT2D eigenvalue weighted by molar-refractivity contribution is 7.99. The highest BCUT2D eigenvalue weighted by atomic mass is 32.2. The van der Waals surface area contributed by atoms with Gasteiger partial charge in [0.1, 0.15) is 0 Å². The van der Waals surface area contributed by atoms with Crippen molar-refractivity contribution in [3.8, 4) is 0 Å². The van der Waals surface area contributed by atoms with E-state index in [0.717, 1.165) is 0 Å². The lowest BCUT2D eigenvalue weighted by molar-refractivity contribution is 0.840. The molecular formula is C11H14S. The minimum absolute atomic E-state index is 0.679. The van der Waals surface area contributed by atoms with E-state index < -0.39 is 0 Å². The second kappa shape index (κ2) is 3.14. The molecule has 0 nitrogen and oxygen atoms in total. The molecule has 12 heavy (non-hydrogen) atoms. The molecule has 0 spiro atoms. The molecule has 1 aliphatic rings. The molecule has 1 heteroatoms. The lowest BCUT2D eigenvalue weighted by Gasteiger charge is -2.10. The Morgan fingerprint density at radius 2 is 2.17 bits per heavy atom. The number of hydrogen-bond acceptors (Lipinski definition) is 1. The molecule has 0 atom stereocenters. The fourth-order valence-corrected chi connectivity index (χ4v) is 2.88. The zero-order chi connectivity index (χ0) is 8.55. The normalized spacial score (nSPS) is 15.2. The van der Waals surface area contributed by atoms with Gasteiger partial charge in [0.2, 0.25) is 0 Å². The zero-order valence-electron chi connectivity index (χ0n) is 7.63. The van der Waals surface area contributed by atoms with Crippen molar-refractivity contribution in [2.75, 3.05) is 5.75 Å². The molecule has 0 bridgehead atoms. The topological polar surface area (TPSA) is 0 Å². The average molecular weight is 178 g/mol. The van der Waals surface area contributed by atoms with E-state index in [1.54, 1.807) is 11.1 Å². The third-order valence-electron chi connectivity index (χ3n) is 2.40. The monoisotopic (exact) mass is 178 g/mol. The molecule has 0 N–H and O–H groups in total. The van der Waals surface area contributed by atoms with E-state index in [0.29, 0.717) is 5.92 Å². The van der Waals surface area contributed by atoms with Crippen LogP contribution in [0.1, 0.15) is 30.9 Å². The molecule has 1 heterocycles. The second-order valence-corrected chi connectivity index (χ2v) is 4.71. The van der Waals surface area contributed by atoms with E-state index in [2.05, 4.69) is 32.0 Å². The van der Waals surface area contributed by atoms with Gasteiger partial charge < -0.3 is 0 Å². The Balaban J connectivity index is 2.49. The van der Waals surface area contributed by atoms with Gasteiger partial charge in [-0.25, -0.2) is 0 Å². The summed E-state index contributed by atoms with van der Waals surface area (Å²) in [5, 5.41) is 0. The maximum Gasteiger partial charge on any atom is 0.0107 e. The van der Waals surface area contributed by atoms with Crippen LogP contribution in [0.5, 0.6) is 0 Å². The Morgan fingerprint density at radius 3 is 2.92 bits per heavy atom. The molecular weight excluding hydrogens is 164 g/mol. The standard InChI is InChI=1S/C11H14S/c1-8(2)9-4-3-5-11-10(9)6-7-12-11/h3-5,8H,6-7H2,1-2H3. The van der Waals surface area contributed by atoms with Crippen LogP contribution in [0.2, 0.25) is 0 Å². The summed E-state index contributed by atoms with van der Waals surface area (Å²) in [5.41, 5.74) is 3.16. The van der Waals surface area contributed by atoms with Crippen LogP contribution in [0.15, 0.2) is 23.1 Å². The quantitative estimate of drug-likeness (QED) is 0.634. The van der Waals surface area contributed by atoms with Gasteiger partial charge in [-0.2, -0.15) is 0 Å². The Hall–Kier alpha value is -0.430. The molecule has 2 rings (SSSR count). The van der Waals surface area contributed by atoms with Gasteiger partial charge in [0, 0.05) is 10.6 Å². The molecule has 0 saturated carbocycles. The Labute approximate surface area is 78.4 Å². The summed E-state index contributed by atoms with van der Waals surface area (Å²) in [6.07, 6.45) is 1.27. The first-order valence-corrected chi connectivity index (χ1v) is 5.52. The van der Waals surface area contributed by atoms with Crippen molar-refractivity contribution in [2.45, 2.75) is 31.1 Å². The molecule has 0 unspecified atom stereocenters. The third-order valence-corrected chi connectivity index (χ3v) is 3.50. The third kappa shape index (κ3) is 1.27. The number of hydrogen-bond donors (Lipinski definition) is 0. The number of fused-ring (bicyclic) bond motifs is 1. The van der Waals surface area contributed by atoms with E-state index in [9.17, 15) is 0 Å². The van der Waals surface area contributed by atoms with Crippen LogP contribution < -0.4 is 0 Å². The Kier molecular flexibility index (Phi) is 2.14. The van der Waals surface area contributed by atoms with Gasteiger partial charge in [0.05, 0.1) is 0 Å². The maximum atomic E-state index is 2.28. The predicted octanol–water partition coefficient (Wildman–Crippen LogP) is 3.46. The number of thioether (sulfide) groups is 1. The maximum absolute atomic E-state index is 2.28. The van der Waals surface area contributed by atoms with Crippen molar-refractivity contribution in [1.29, 1.82) is 0 Å². The minimum Gasteiger partial charge on any atom is -0.126 e. The lowest BCUT2D eigenvalue weighted by atomic mass is 9.96. The molecule has 0 fully saturated rings. The minimum atomic E-state index is 0.679. The zero-order valence-corrected chi connectivity index (χ0v) is 8.45. The van der Waals surface area contributed by atoms with Crippen molar-refractivity contribution >= 4 is 11.8 Å². The fourth-order valence-electron chi connectivity index (χ4n) is 1.79. The van der Waals surface area contributed by atoms with Crippen LogP contribution in [0, 0.1) is 0 Å². The van der Waals surface area contributed by atoms with Gasteiger partial charge in [0.15, 0.2) is 0 Å². The Morgan fingerprint density at radius 1 is 1.33 bits per heavy atom. The van der Waals surface area contributed by atoms with Gasteiger partial charge >= 0.3 is 0 Å². The van der Waals surface area contributed by atoms with E-state index in [-0.39, 0.29) is 0 Å².